The highest BCUT2D eigenvalue weighted by atomic mass is 19.1. The summed E-state index contributed by atoms with van der Waals surface area (Å²) in [7, 11) is 1.58. The summed E-state index contributed by atoms with van der Waals surface area (Å²) in [6.45, 7) is 2.02. The molecular weight excluding hydrogens is 353 g/mol. The smallest absolute Gasteiger partial charge is 0.328 e. The number of rotatable bonds is 4. The minimum atomic E-state index is -0.701. The standard InChI is InChI=1S/C18H20FN5O3/c1-11-9-23-14-15(20-17(23)22(11)7-8-25)21(2)18(27)24(16(14)26)10-12-5-3-4-6-13(12)19/h3-6,9,14-15,25H,7-8,10H2,1-2H3. The van der Waals surface area contributed by atoms with Crippen molar-refractivity contribution in [1.29, 1.82) is 0 Å². The minimum Gasteiger partial charge on any atom is -0.395 e. The first-order valence-electron chi connectivity index (χ1n) is 8.68. The molecule has 1 fully saturated rings. The number of benzene rings is 1. The van der Waals surface area contributed by atoms with Crippen LogP contribution in [-0.2, 0) is 11.3 Å². The van der Waals surface area contributed by atoms with Gasteiger partial charge >= 0.3 is 6.03 Å². The highest BCUT2D eigenvalue weighted by molar-refractivity contribution is 6.04. The van der Waals surface area contributed by atoms with E-state index in [1.807, 2.05) is 11.8 Å². The number of halogens is 1. The maximum absolute atomic E-state index is 14.0. The first-order chi connectivity index (χ1) is 12.9. The van der Waals surface area contributed by atoms with Crippen molar-refractivity contribution in [3.8, 4) is 0 Å². The molecule has 0 spiro atoms. The van der Waals surface area contributed by atoms with Gasteiger partial charge in [-0.2, -0.15) is 0 Å². The molecule has 0 bridgehead atoms. The van der Waals surface area contributed by atoms with Gasteiger partial charge in [0.25, 0.3) is 5.91 Å². The Hall–Kier alpha value is -2.94. The summed E-state index contributed by atoms with van der Waals surface area (Å²) < 4.78 is 14.0. The minimum absolute atomic E-state index is 0.0600. The Bertz CT molecular complexity index is 870. The van der Waals surface area contributed by atoms with Crippen LogP contribution < -0.4 is 0 Å². The molecule has 0 radical (unpaired) electrons. The number of hydrogen-bond donors (Lipinski definition) is 1. The molecule has 8 nitrogen and oxygen atoms in total. The number of amides is 3. The molecule has 1 N–H and O–H groups in total. The van der Waals surface area contributed by atoms with Gasteiger partial charge in [0, 0.05) is 31.1 Å². The van der Waals surface area contributed by atoms with Crippen LogP contribution in [0.3, 0.4) is 0 Å². The molecule has 1 saturated heterocycles. The number of allylic oxidation sites excluding steroid dienone is 1. The topological polar surface area (TPSA) is 79.7 Å². The lowest BCUT2D eigenvalue weighted by molar-refractivity contribution is -0.137. The van der Waals surface area contributed by atoms with E-state index in [2.05, 4.69) is 4.99 Å². The first kappa shape index (κ1) is 17.5. The zero-order valence-electron chi connectivity index (χ0n) is 15.0. The maximum atomic E-state index is 14.0. The number of nitrogens with zero attached hydrogens (tertiary/aromatic N) is 5. The Kier molecular flexibility index (Phi) is 4.11. The fourth-order valence-corrected chi connectivity index (χ4v) is 3.72. The fraction of sp³-hybridized carbons (Fsp3) is 0.389. The van der Waals surface area contributed by atoms with Gasteiger partial charge < -0.3 is 19.8 Å². The summed E-state index contributed by atoms with van der Waals surface area (Å²) in [5, 5.41) is 9.28. The number of aliphatic hydroxyl groups excluding tert-OH is 1. The van der Waals surface area contributed by atoms with Gasteiger partial charge in [-0.25, -0.2) is 14.2 Å². The van der Waals surface area contributed by atoms with E-state index in [0.29, 0.717) is 12.5 Å². The second-order valence-electron chi connectivity index (χ2n) is 6.75. The van der Waals surface area contributed by atoms with Gasteiger partial charge in [0.2, 0.25) is 5.96 Å². The molecule has 3 aliphatic rings. The number of imide groups is 1. The van der Waals surface area contributed by atoms with Crippen LogP contribution >= 0.6 is 0 Å². The highest BCUT2D eigenvalue weighted by Crippen LogP contribution is 2.34. The molecule has 3 heterocycles. The molecule has 0 aromatic heterocycles. The highest BCUT2D eigenvalue weighted by Gasteiger charge is 2.54. The van der Waals surface area contributed by atoms with Crippen LogP contribution in [0.25, 0.3) is 0 Å². The number of guanidine groups is 1. The zero-order valence-corrected chi connectivity index (χ0v) is 15.0. The summed E-state index contributed by atoms with van der Waals surface area (Å²) in [5.41, 5.74) is 1.13. The van der Waals surface area contributed by atoms with Gasteiger partial charge in [-0.1, -0.05) is 18.2 Å². The van der Waals surface area contributed by atoms with Crippen molar-refractivity contribution in [2.75, 3.05) is 20.2 Å². The normalized spacial score (nSPS) is 24.3. The van der Waals surface area contributed by atoms with E-state index in [-0.39, 0.29) is 18.7 Å². The molecule has 4 rings (SSSR count). The van der Waals surface area contributed by atoms with Crippen LogP contribution in [0.15, 0.2) is 41.2 Å². The van der Waals surface area contributed by atoms with Crippen LogP contribution in [0.5, 0.6) is 0 Å². The Morgan fingerprint density at radius 1 is 1.22 bits per heavy atom. The number of carbonyl (C=O) groups excluding carboxylic acids is 2. The fourth-order valence-electron chi connectivity index (χ4n) is 3.72. The number of fused-ring (bicyclic) bond motifs is 3. The van der Waals surface area contributed by atoms with Crippen molar-refractivity contribution in [3.63, 3.8) is 0 Å². The molecule has 3 aliphatic heterocycles. The number of carbonyl (C=O) groups is 2. The Morgan fingerprint density at radius 2 is 1.96 bits per heavy atom. The molecule has 1 aromatic rings. The predicted octanol–water partition coefficient (Wildman–Crippen LogP) is 0.755. The lowest BCUT2D eigenvalue weighted by Crippen LogP contribution is -2.63. The monoisotopic (exact) mass is 373 g/mol. The molecule has 2 atom stereocenters. The van der Waals surface area contributed by atoms with Crippen LogP contribution in [0, 0.1) is 5.82 Å². The zero-order chi connectivity index (χ0) is 19.3. The SMILES string of the molecule is CC1=CN2C(=NC3C2C(=O)N(Cc2ccccc2F)C(=O)N3C)N1CCO. The van der Waals surface area contributed by atoms with Gasteiger partial charge in [0.05, 0.1) is 13.2 Å². The Balaban J connectivity index is 1.65. The van der Waals surface area contributed by atoms with Gasteiger partial charge in [0.15, 0.2) is 12.2 Å². The average Bonchev–Trinajstić information content (AvgIpc) is 3.15. The van der Waals surface area contributed by atoms with Crippen molar-refractivity contribution >= 4 is 17.9 Å². The number of β-amino-alcohol motifs (C(OH)–C–C–N with tert-alkyl or cyclic N) is 1. The number of aliphatic imine (C=N–C) groups is 1. The largest absolute Gasteiger partial charge is 0.395 e. The van der Waals surface area contributed by atoms with Gasteiger partial charge in [-0.15, -0.1) is 0 Å². The Morgan fingerprint density at radius 3 is 2.67 bits per heavy atom. The number of aliphatic hydroxyl groups is 1. The summed E-state index contributed by atoms with van der Waals surface area (Å²) in [5.74, 6) is -0.338. The van der Waals surface area contributed by atoms with Gasteiger partial charge in [-0.3, -0.25) is 9.69 Å². The van der Waals surface area contributed by atoms with E-state index < -0.39 is 30.0 Å². The van der Waals surface area contributed by atoms with Gasteiger partial charge in [0.1, 0.15) is 5.82 Å². The number of hydrogen-bond acceptors (Lipinski definition) is 6. The van der Waals surface area contributed by atoms with Crippen LogP contribution in [0.2, 0.25) is 0 Å². The molecule has 0 aliphatic carbocycles. The summed E-state index contributed by atoms with van der Waals surface area (Å²) in [6, 6.07) is 4.88. The second-order valence-corrected chi connectivity index (χ2v) is 6.75. The number of likely N-dealkylation sites (N-methyl/N-ethyl adjacent to an activating group) is 1. The lowest BCUT2D eigenvalue weighted by Gasteiger charge is -2.40. The van der Waals surface area contributed by atoms with E-state index in [0.717, 1.165) is 10.6 Å². The molecule has 27 heavy (non-hydrogen) atoms. The van der Waals surface area contributed by atoms with E-state index in [1.165, 1.54) is 11.0 Å². The lowest BCUT2D eigenvalue weighted by atomic mass is 10.1. The molecule has 0 saturated carbocycles. The van der Waals surface area contributed by atoms with E-state index in [1.54, 1.807) is 36.3 Å². The molecule has 3 amide bonds. The second kappa shape index (κ2) is 6.34. The molecular formula is C18H20FN5O3. The van der Waals surface area contributed by atoms with Crippen LogP contribution in [0.1, 0.15) is 12.5 Å². The van der Waals surface area contributed by atoms with Crippen LogP contribution in [0.4, 0.5) is 9.18 Å². The summed E-state index contributed by atoms with van der Waals surface area (Å²) in [6.07, 6.45) is 1.14. The third kappa shape index (κ3) is 2.57. The van der Waals surface area contributed by atoms with Crippen molar-refractivity contribution < 1.29 is 19.1 Å². The molecule has 142 valence electrons. The number of urea groups is 1. The third-order valence-corrected chi connectivity index (χ3v) is 5.11. The molecule has 1 aromatic carbocycles. The van der Waals surface area contributed by atoms with Crippen LogP contribution in [-0.4, -0.2) is 75.0 Å². The van der Waals surface area contributed by atoms with Crippen molar-refractivity contribution in [3.05, 3.63) is 47.5 Å². The van der Waals surface area contributed by atoms with Crippen molar-refractivity contribution in [2.45, 2.75) is 25.7 Å². The maximum Gasteiger partial charge on any atom is 0.328 e. The predicted molar refractivity (Wildman–Crippen MR) is 94.5 cm³/mol. The quantitative estimate of drug-likeness (QED) is 0.843. The van der Waals surface area contributed by atoms with Crippen molar-refractivity contribution in [1.82, 2.24) is 19.6 Å². The summed E-state index contributed by atoms with van der Waals surface area (Å²) in [4.78, 5) is 36.4. The molecule has 9 heteroatoms. The van der Waals surface area contributed by atoms with E-state index >= 15 is 0 Å². The Labute approximate surface area is 155 Å². The van der Waals surface area contributed by atoms with Crippen molar-refractivity contribution in [2.24, 2.45) is 4.99 Å². The molecule has 2 unspecified atom stereocenters. The van der Waals surface area contributed by atoms with E-state index in [9.17, 15) is 19.1 Å². The third-order valence-electron chi connectivity index (χ3n) is 5.11. The van der Waals surface area contributed by atoms with Gasteiger partial charge in [-0.05, 0) is 13.0 Å². The van der Waals surface area contributed by atoms with E-state index in [4.69, 9.17) is 0 Å². The summed E-state index contributed by atoms with van der Waals surface area (Å²) >= 11 is 0. The average molecular weight is 373 g/mol. The first-order valence-corrected chi connectivity index (χ1v) is 8.68.